The van der Waals surface area contributed by atoms with Gasteiger partial charge in [-0.2, -0.15) is 0 Å². The van der Waals surface area contributed by atoms with Gasteiger partial charge >= 0.3 is 0 Å². The fourth-order valence-electron chi connectivity index (χ4n) is 3.11. The second-order valence-corrected chi connectivity index (χ2v) is 7.14. The van der Waals surface area contributed by atoms with Gasteiger partial charge in [0.2, 0.25) is 0 Å². The minimum atomic E-state index is 0.00251. The van der Waals surface area contributed by atoms with Crippen LogP contribution in [-0.2, 0) is 0 Å². The molecule has 0 saturated heterocycles. The number of rotatable bonds is 4. The fourth-order valence-corrected chi connectivity index (χ4v) is 3.34. The van der Waals surface area contributed by atoms with E-state index in [1.807, 2.05) is 6.07 Å². The first-order valence-corrected chi connectivity index (χ1v) is 9.19. The average molecular weight is 361 g/mol. The molecular weight excluding hydrogens is 336 g/mol. The molecule has 0 saturated carbocycles. The molecule has 132 valence electrons. The van der Waals surface area contributed by atoms with E-state index in [1.54, 1.807) is 0 Å². The van der Waals surface area contributed by atoms with E-state index >= 15 is 0 Å². The summed E-state index contributed by atoms with van der Waals surface area (Å²) in [5, 5.41) is 7.42. The first-order valence-electron chi connectivity index (χ1n) is 8.78. The maximum Gasteiger partial charge on any atom is 0.171 e. The van der Waals surface area contributed by atoms with Gasteiger partial charge in [0, 0.05) is 5.69 Å². The van der Waals surface area contributed by atoms with Gasteiger partial charge in [0.05, 0.1) is 6.04 Å². The predicted molar refractivity (Wildman–Crippen MR) is 115 cm³/mol. The third-order valence-corrected chi connectivity index (χ3v) is 4.52. The number of hydrogen-bond acceptors (Lipinski definition) is 1. The summed E-state index contributed by atoms with van der Waals surface area (Å²) in [6.07, 6.45) is 0. The van der Waals surface area contributed by atoms with Crippen LogP contribution in [0.25, 0.3) is 0 Å². The number of nitrogens with one attached hydrogen (secondary N) is 2. The Hall–Kier alpha value is -2.65. The monoisotopic (exact) mass is 360 g/mol. The molecule has 0 fully saturated rings. The molecule has 0 heterocycles. The highest BCUT2D eigenvalue weighted by atomic mass is 32.1. The van der Waals surface area contributed by atoms with E-state index in [0.717, 1.165) is 5.69 Å². The van der Waals surface area contributed by atoms with Crippen LogP contribution >= 0.6 is 12.2 Å². The van der Waals surface area contributed by atoms with E-state index in [2.05, 4.69) is 98.1 Å². The molecule has 3 aromatic carbocycles. The highest BCUT2D eigenvalue weighted by Gasteiger charge is 2.15. The standard InChI is InChI=1S/C23H24N2S/c1-16-9-11-20(12-10-16)22(19-7-5-4-6-8-19)25-23(26)24-21-14-17(2)13-18(3)15-21/h4-15,22H,1-3H3,(H2,24,25,26)/t22-/m0/s1. The van der Waals surface area contributed by atoms with Crippen molar-refractivity contribution in [3.63, 3.8) is 0 Å². The van der Waals surface area contributed by atoms with Crippen LogP contribution in [0.3, 0.4) is 0 Å². The molecule has 3 heteroatoms. The van der Waals surface area contributed by atoms with Crippen LogP contribution in [0, 0.1) is 20.8 Å². The summed E-state index contributed by atoms with van der Waals surface area (Å²) in [5.74, 6) is 0. The van der Waals surface area contributed by atoms with Gasteiger partial charge in [-0.05, 0) is 67.4 Å². The molecule has 0 spiro atoms. The van der Waals surface area contributed by atoms with Crippen LogP contribution in [0.5, 0.6) is 0 Å². The van der Waals surface area contributed by atoms with Crippen molar-refractivity contribution in [1.29, 1.82) is 0 Å². The summed E-state index contributed by atoms with van der Waals surface area (Å²) < 4.78 is 0. The molecule has 0 aliphatic heterocycles. The van der Waals surface area contributed by atoms with Gasteiger partial charge < -0.3 is 10.6 Å². The van der Waals surface area contributed by atoms with E-state index in [1.165, 1.54) is 27.8 Å². The Bertz CT molecular complexity index is 866. The lowest BCUT2D eigenvalue weighted by atomic mass is 9.98. The Morgan fingerprint density at radius 2 is 1.31 bits per heavy atom. The highest BCUT2D eigenvalue weighted by molar-refractivity contribution is 7.80. The summed E-state index contributed by atoms with van der Waals surface area (Å²) >= 11 is 5.60. The average Bonchev–Trinajstić information content (AvgIpc) is 2.60. The molecule has 0 amide bonds. The molecule has 1 atom stereocenters. The summed E-state index contributed by atoms with van der Waals surface area (Å²) in [7, 11) is 0. The zero-order valence-corrected chi connectivity index (χ0v) is 16.2. The van der Waals surface area contributed by atoms with E-state index in [9.17, 15) is 0 Å². The van der Waals surface area contributed by atoms with Gasteiger partial charge in [-0.3, -0.25) is 0 Å². The second kappa shape index (κ2) is 8.15. The van der Waals surface area contributed by atoms with Crippen molar-refractivity contribution < 1.29 is 0 Å². The normalized spacial score (nSPS) is 11.7. The molecule has 0 bridgehead atoms. The molecule has 0 radical (unpaired) electrons. The lowest BCUT2D eigenvalue weighted by Crippen LogP contribution is -2.33. The maximum atomic E-state index is 5.60. The quantitative estimate of drug-likeness (QED) is 0.585. The topological polar surface area (TPSA) is 24.1 Å². The lowest BCUT2D eigenvalue weighted by molar-refractivity contribution is 0.768. The van der Waals surface area contributed by atoms with E-state index in [4.69, 9.17) is 12.2 Å². The number of hydrogen-bond donors (Lipinski definition) is 2. The number of benzene rings is 3. The van der Waals surface area contributed by atoms with E-state index in [-0.39, 0.29) is 6.04 Å². The predicted octanol–water partition coefficient (Wildman–Crippen LogP) is 5.69. The van der Waals surface area contributed by atoms with Gasteiger partial charge in [-0.15, -0.1) is 0 Å². The van der Waals surface area contributed by atoms with Crippen molar-refractivity contribution in [1.82, 2.24) is 5.32 Å². The minimum absolute atomic E-state index is 0.00251. The summed E-state index contributed by atoms with van der Waals surface area (Å²) in [6, 6.07) is 25.3. The van der Waals surface area contributed by atoms with Gasteiger partial charge in [-0.25, -0.2) is 0 Å². The fraction of sp³-hybridized carbons (Fsp3) is 0.174. The lowest BCUT2D eigenvalue weighted by Gasteiger charge is -2.22. The van der Waals surface area contributed by atoms with Gasteiger partial charge in [-0.1, -0.05) is 66.2 Å². The smallest absolute Gasteiger partial charge is 0.171 e. The molecule has 26 heavy (non-hydrogen) atoms. The molecule has 0 aliphatic carbocycles. The van der Waals surface area contributed by atoms with Crippen molar-refractivity contribution in [3.05, 3.63) is 101 Å². The van der Waals surface area contributed by atoms with Crippen molar-refractivity contribution in [2.75, 3.05) is 5.32 Å². The molecule has 3 aromatic rings. The van der Waals surface area contributed by atoms with Gasteiger partial charge in [0.1, 0.15) is 0 Å². The van der Waals surface area contributed by atoms with Crippen LogP contribution < -0.4 is 10.6 Å². The molecule has 2 nitrogen and oxygen atoms in total. The molecule has 3 rings (SSSR count). The van der Waals surface area contributed by atoms with Crippen molar-refractivity contribution in [2.45, 2.75) is 26.8 Å². The first kappa shape index (κ1) is 18.2. The first-order chi connectivity index (χ1) is 12.5. The highest BCUT2D eigenvalue weighted by Crippen LogP contribution is 2.23. The van der Waals surface area contributed by atoms with Crippen LogP contribution in [0.15, 0.2) is 72.8 Å². The molecule has 0 aliphatic rings. The Balaban J connectivity index is 1.83. The summed E-state index contributed by atoms with van der Waals surface area (Å²) in [4.78, 5) is 0. The van der Waals surface area contributed by atoms with Crippen molar-refractivity contribution in [3.8, 4) is 0 Å². The number of thiocarbonyl (C=S) groups is 1. The molecule has 2 N–H and O–H groups in total. The van der Waals surface area contributed by atoms with Crippen LogP contribution in [0.4, 0.5) is 5.69 Å². The van der Waals surface area contributed by atoms with Crippen LogP contribution in [-0.4, -0.2) is 5.11 Å². The third kappa shape index (κ3) is 4.70. The van der Waals surface area contributed by atoms with Gasteiger partial charge in [0.25, 0.3) is 0 Å². The maximum absolute atomic E-state index is 5.60. The third-order valence-electron chi connectivity index (χ3n) is 4.30. The van der Waals surface area contributed by atoms with Crippen LogP contribution in [0.1, 0.15) is 33.9 Å². The molecular formula is C23H24N2S. The largest absolute Gasteiger partial charge is 0.352 e. The Kier molecular flexibility index (Phi) is 5.69. The van der Waals surface area contributed by atoms with E-state index < -0.39 is 0 Å². The molecule has 0 aromatic heterocycles. The minimum Gasteiger partial charge on any atom is -0.352 e. The number of anilines is 1. The Morgan fingerprint density at radius 1 is 0.731 bits per heavy atom. The Labute approximate surface area is 161 Å². The van der Waals surface area contributed by atoms with Crippen molar-refractivity contribution in [2.24, 2.45) is 0 Å². The Morgan fingerprint density at radius 3 is 1.92 bits per heavy atom. The zero-order valence-electron chi connectivity index (χ0n) is 15.4. The second-order valence-electron chi connectivity index (χ2n) is 6.73. The summed E-state index contributed by atoms with van der Waals surface area (Å²) in [6.45, 7) is 6.28. The van der Waals surface area contributed by atoms with Crippen molar-refractivity contribution >= 4 is 23.0 Å². The molecule has 0 unspecified atom stereocenters. The van der Waals surface area contributed by atoms with E-state index in [0.29, 0.717) is 5.11 Å². The number of aryl methyl sites for hydroxylation is 3. The van der Waals surface area contributed by atoms with Gasteiger partial charge in [0.15, 0.2) is 5.11 Å². The zero-order chi connectivity index (χ0) is 18.5. The summed E-state index contributed by atoms with van der Waals surface area (Å²) in [5.41, 5.74) is 7.06. The van der Waals surface area contributed by atoms with Crippen LogP contribution in [0.2, 0.25) is 0 Å². The SMILES string of the molecule is Cc1ccc([C@@H](NC(=S)Nc2cc(C)cc(C)c2)c2ccccc2)cc1.